The number of unbranched alkanes of at least 4 members (excludes halogenated alkanes) is 1. The van der Waals surface area contributed by atoms with Crippen molar-refractivity contribution in [1.82, 2.24) is 16.0 Å². The SMILES string of the molecule is NCCCCC(NC(=O)C(N)CCC(N)=O)C(=O)NC(CCC(N)=O)C(=O)NC(CCCN=C(N)N)C(=O)O. The molecule has 39 heavy (non-hydrogen) atoms. The van der Waals surface area contributed by atoms with Crippen molar-refractivity contribution in [2.75, 3.05) is 13.1 Å². The molecule has 0 aliphatic rings. The highest BCUT2D eigenvalue weighted by Crippen LogP contribution is 2.07. The maximum atomic E-state index is 13.1. The van der Waals surface area contributed by atoms with Crippen LogP contribution in [0.15, 0.2) is 4.99 Å². The van der Waals surface area contributed by atoms with E-state index in [0.29, 0.717) is 19.4 Å². The Labute approximate surface area is 226 Å². The molecule has 0 bridgehead atoms. The molecular formula is C22H42N10O7. The Hall–Kier alpha value is -3.99. The van der Waals surface area contributed by atoms with E-state index >= 15 is 0 Å². The maximum Gasteiger partial charge on any atom is 0.326 e. The number of carbonyl (C=O) groups excluding carboxylic acids is 5. The van der Waals surface area contributed by atoms with Crippen LogP contribution >= 0.6 is 0 Å². The number of aliphatic imine (C=N–C) groups is 1. The van der Waals surface area contributed by atoms with E-state index in [0.717, 1.165) is 0 Å². The van der Waals surface area contributed by atoms with Crippen LogP contribution in [-0.4, -0.2) is 83.8 Å². The van der Waals surface area contributed by atoms with Gasteiger partial charge >= 0.3 is 5.97 Å². The topological polar surface area (TPSA) is 327 Å². The number of hydrogen-bond donors (Lipinski definition) is 10. The first kappa shape index (κ1) is 35.0. The van der Waals surface area contributed by atoms with E-state index in [1.165, 1.54) is 0 Å². The number of guanidine groups is 1. The van der Waals surface area contributed by atoms with Gasteiger partial charge in [-0.05, 0) is 51.5 Å². The van der Waals surface area contributed by atoms with Crippen molar-refractivity contribution in [2.24, 2.45) is 39.4 Å². The van der Waals surface area contributed by atoms with Gasteiger partial charge in [-0.2, -0.15) is 0 Å². The number of nitrogens with two attached hydrogens (primary N) is 6. The summed E-state index contributed by atoms with van der Waals surface area (Å²) in [7, 11) is 0. The molecular weight excluding hydrogens is 516 g/mol. The molecule has 5 amide bonds. The van der Waals surface area contributed by atoms with Crippen molar-refractivity contribution in [3.8, 4) is 0 Å². The molecule has 17 heteroatoms. The quantitative estimate of drug-likeness (QED) is 0.0364. The lowest BCUT2D eigenvalue weighted by atomic mass is 10.0. The molecule has 0 aliphatic heterocycles. The summed E-state index contributed by atoms with van der Waals surface area (Å²) in [4.78, 5) is 76.3. The number of hydrogen-bond acceptors (Lipinski definition) is 9. The highest BCUT2D eigenvalue weighted by atomic mass is 16.4. The van der Waals surface area contributed by atoms with Crippen LogP contribution in [0.5, 0.6) is 0 Å². The summed E-state index contributed by atoms with van der Waals surface area (Å²) in [5.74, 6) is -5.24. The fraction of sp³-hybridized carbons (Fsp3) is 0.682. The van der Waals surface area contributed by atoms with Crippen molar-refractivity contribution in [3.63, 3.8) is 0 Å². The number of nitrogens with one attached hydrogen (secondary N) is 3. The zero-order chi connectivity index (χ0) is 30.0. The molecule has 0 aromatic carbocycles. The van der Waals surface area contributed by atoms with Crippen molar-refractivity contribution < 1.29 is 33.9 Å². The van der Waals surface area contributed by atoms with Gasteiger partial charge in [0.2, 0.25) is 29.5 Å². The van der Waals surface area contributed by atoms with E-state index in [1.54, 1.807) is 0 Å². The van der Waals surface area contributed by atoms with Crippen molar-refractivity contribution in [3.05, 3.63) is 0 Å². The molecule has 4 atom stereocenters. The Morgan fingerprint density at radius 3 is 1.67 bits per heavy atom. The zero-order valence-corrected chi connectivity index (χ0v) is 21.9. The van der Waals surface area contributed by atoms with Gasteiger partial charge in [0.15, 0.2) is 5.96 Å². The highest BCUT2D eigenvalue weighted by Gasteiger charge is 2.30. The van der Waals surface area contributed by atoms with Crippen LogP contribution in [0.3, 0.4) is 0 Å². The average Bonchev–Trinajstić information content (AvgIpc) is 2.85. The van der Waals surface area contributed by atoms with E-state index < -0.39 is 59.7 Å². The van der Waals surface area contributed by atoms with Gasteiger partial charge in [0, 0.05) is 19.4 Å². The molecule has 4 unspecified atom stereocenters. The summed E-state index contributed by atoms with van der Waals surface area (Å²) in [6.45, 7) is 0.472. The zero-order valence-electron chi connectivity index (χ0n) is 21.9. The van der Waals surface area contributed by atoms with Crippen LogP contribution in [0.1, 0.15) is 57.8 Å². The Morgan fingerprint density at radius 1 is 0.667 bits per heavy atom. The van der Waals surface area contributed by atoms with E-state index in [9.17, 15) is 33.9 Å². The number of rotatable bonds is 21. The van der Waals surface area contributed by atoms with Crippen molar-refractivity contribution in [2.45, 2.75) is 82.0 Å². The normalized spacial score (nSPS) is 13.7. The van der Waals surface area contributed by atoms with Gasteiger partial charge in [-0.1, -0.05) is 0 Å². The number of aliphatic carboxylic acids is 1. The summed E-state index contributed by atoms with van der Waals surface area (Å²) >= 11 is 0. The average molecular weight is 559 g/mol. The lowest BCUT2D eigenvalue weighted by Crippen LogP contribution is -2.57. The van der Waals surface area contributed by atoms with E-state index in [1.807, 2.05) is 0 Å². The molecule has 0 aromatic rings. The van der Waals surface area contributed by atoms with Crippen LogP contribution in [0.2, 0.25) is 0 Å². The van der Waals surface area contributed by atoms with Gasteiger partial charge in [-0.3, -0.25) is 29.0 Å². The minimum Gasteiger partial charge on any atom is -0.480 e. The van der Waals surface area contributed by atoms with Gasteiger partial charge in [0.1, 0.15) is 18.1 Å². The standard InChI is InChI=1S/C22H42N10O7/c23-10-2-1-4-13(30-18(35)12(24)6-8-16(25)33)19(36)31-14(7-9-17(26)34)20(37)32-15(21(38)39)5-3-11-29-22(27)28/h12-15H,1-11,23-24H2,(H2,25,33)(H2,26,34)(H,30,35)(H,31,36)(H,32,37)(H,38,39)(H4,27,28,29). The first-order valence-electron chi connectivity index (χ1n) is 12.5. The molecule has 0 aliphatic carbocycles. The minimum absolute atomic E-state index is 0.0185. The highest BCUT2D eigenvalue weighted by molar-refractivity contribution is 5.94. The number of amides is 5. The first-order valence-corrected chi connectivity index (χ1v) is 12.5. The Bertz CT molecular complexity index is 879. The lowest BCUT2D eigenvalue weighted by molar-refractivity contribution is -0.142. The van der Waals surface area contributed by atoms with Crippen LogP contribution in [0.25, 0.3) is 0 Å². The lowest BCUT2D eigenvalue weighted by Gasteiger charge is -2.25. The van der Waals surface area contributed by atoms with Crippen LogP contribution in [0, 0.1) is 0 Å². The third-order valence-corrected chi connectivity index (χ3v) is 5.49. The fourth-order valence-electron chi connectivity index (χ4n) is 3.33. The number of carbonyl (C=O) groups is 6. The van der Waals surface area contributed by atoms with Crippen LogP contribution in [-0.2, 0) is 28.8 Å². The Morgan fingerprint density at radius 2 is 1.15 bits per heavy atom. The largest absolute Gasteiger partial charge is 0.480 e. The molecule has 0 heterocycles. The van der Waals surface area contributed by atoms with Gasteiger partial charge in [-0.25, -0.2) is 4.79 Å². The summed E-state index contributed by atoms with van der Waals surface area (Å²) in [5.41, 5.74) is 32.0. The van der Waals surface area contributed by atoms with Gasteiger partial charge in [-0.15, -0.1) is 0 Å². The summed E-state index contributed by atoms with van der Waals surface area (Å²) in [6, 6.07) is -4.93. The predicted octanol–water partition coefficient (Wildman–Crippen LogP) is -4.43. The maximum absolute atomic E-state index is 13.1. The molecule has 0 rings (SSSR count). The van der Waals surface area contributed by atoms with Crippen LogP contribution in [0.4, 0.5) is 0 Å². The summed E-state index contributed by atoms with van der Waals surface area (Å²) in [5, 5.41) is 16.8. The second-order valence-electron chi connectivity index (χ2n) is 8.87. The molecule has 16 N–H and O–H groups in total. The Balaban J connectivity index is 5.57. The molecule has 222 valence electrons. The van der Waals surface area contributed by atoms with E-state index in [2.05, 4.69) is 20.9 Å². The molecule has 0 spiro atoms. The van der Waals surface area contributed by atoms with E-state index in [4.69, 9.17) is 34.4 Å². The number of carboxylic acids is 1. The van der Waals surface area contributed by atoms with Crippen molar-refractivity contribution >= 4 is 41.5 Å². The summed E-state index contributed by atoms with van der Waals surface area (Å²) < 4.78 is 0. The predicted molar refractivity (Wildman–Crippen MR) is 141 cm³/mol. The van der Waals surface area contributed by atoms with Gasteiger partial charge in [0.05, 0.1) is 6.04 Å². The number of carboxylic acid groups (broad SMARTS) is 1. The molecule has 0 saturated heterocycles. The first-order chi connectivity index (χ1) is 18.3. The van der Waals surface area contributed by atoms with E-state index in [-0.39, 0.29) is 57.5 Å². The second-order valence-corrected chi connectivity index (χ2v) is 8.87. The fourth-order valence-corrected chi connectivity index (χ4v) is 3.33. The minimum atomic E-state index is -1.35. The second kappa shape index (κ2) is 19.1. The number of primary amides is 2. The van der Waals surface area contributed by atoms with Gasteiger partial charge in [0.25, 0.3) is 0 Å². The molecule has 0 radical (unpaired) electrons. The molecule has 0 saturated carbocycles. The Kier molecular flexibility index (Phi) is 17.2. The van der Waals surface area contributed by atoms with Crippen LogP contribution < -0.4 is 50.4 Å². The molecule has 0 fully saturated rings. The third-order valence-electron chi connectivity index (χ3n) is 5.49. The third kappa shape index (κ3) is 16.5. The molecule has 17 nitrogen and oxygen atoms in total. The van der Waals surface area contributed by atoms with Gasteiger partial charge < -0.3 is 55.5 Å². The summed E-state index contributed by atoms with van der Waals surface area (Å²) in [6.07, 6.45) is 0.654. The number of nitrogens with zero attached hydrogens (tertiary/aromatic N) is 1. The smallest absolute Gasteiger partial charge is 0.326 e. The molecule has 0 aromatic heterocycles. The van der Waals surface area contributed by atoms with Crippen molar-refractivity contribution in [1.29, 1.82) is 0 Å². The monoisotopic (exact) mass is 558 g/mol.